The number of hydrogen-bond donors (Lipinski definition) is 0. The van der Waals surface area contributed by atoms with Gasteiger partial charge in [0.25, 0.3) is 0 Å². The zero-order valence-electron chi connectivity index (χ0n) is 10.6. The summed E-state index contributed by atoms with van der Waals surface area (Å²) in [5.41, 5.74) is 0.618. The van der Waals surface area contributed by atoms with Crippen molar-refractivity contribution in [3.05, 3.63) is 48.0 Å². The van der Waals surface area contributed by atoms with Crippen LogP contribution in [0.3, 0.4) is 0 Å². The molecule has 0 atom stereocenters. The van der Waals surface area contributed by atoms with E-state index in [1.54, 1.807) is 24.3 Å². The average Bonchev–Trinajstić information content (AvgIpc) is 2.42. The molecule has 0 saturated carbocycles. The van der Waals surface area contributed by atoms with Crippen LogP contribution < -0.4 is 0 Å². The van der Waals surface area contributed by atoms with Crippen molar-refractivity contribution < 1.29 is 4.79 Å². The highest BCUT2D eigenvalue weighted by Gasteiger charge is 1.97. The van der Waals surface area contributed by atoms with Gasteiger partial charge in [0.2, 0.25) is 5.78 Å². The minimum atomic E-state index is -0.167. The Morgan fingerprint density at radius 1 is 1.17 bits per heavy atom. The van der Waals surface area contributed by atoms with Gasteiger partial charge in [-0.05, 0) is 24.5 Å². The lowest BCUT2D eigenvalue weighted by Gasteiger charge is -1.89. The van der Waals surface area contributed by atoms with Crippen molar-refractivity contribution in [1.29, 1.82) is 0 Å². The molecule has 90 valence electrons. The monoisotopic (exact) mass is 236 g/mol. The fourth-order valence-corrected chi connectivity index (χ4v) is 1.25. The number of rotatable bonds is 3. The van der Waals surface area contributed by atoms with Crippen LogP contribution in [-0.2, 0) is 0 Å². The van der Waals surface area contributed by atoms with Crippen molar-refractivity contribution in [1.82, 2.24) is 0 Å². The number of carbonyl (C=O) groups is 1. The molecule has 1 nitrogen and oxygen atoms in total. The number of Topliss-reactive ketones (excluding diaryl/α,β-unsaturated/α-hetero) is 1. The van der Waals surface area contributed by atoms with Crippen LogP contribution in [0.1, 0.15) is 36.5 Å². The maximum atomic E-state index is 11.6. The summed E-state index contributed by atoms with van der Waals surface area (Å²) in [6.45, 7) is 2.14. The number of benzene rings is 1. The summed E-state index contributed by atoms with van der Waals surface area (Å²) in [7, 11) is 0. The fraction of sp³-hybridized carbons (Fsp3) is 0.235. The van der Waals surface area contributed by atoms with Crippen LogP contribution in [0, 0.1) is 23.7 Å². The lowest BCUT2D eigenvalue weighted by atomic mass is 10.1. The molecule has 1 aromatic carbocycles. The Bertz CT molecular complexity index is 515. The van der Waals surface area contributed by atoms with Gasteiger partial charge in [-0.25, -0.2) is 0 Å². The van der Waals surface area contributed by atoms with Gasteiger partial charge in [0.15, 0.2) is 0 Å². The first-order chi connectivity index (χ1) is 8.84. The zero-order chi connectivity index (χ0) is 13.1. The number of ketones is 1. The summed E-state index contributed by atoms with van der Waals surface area (Å²) >= 11 is 0. The van der Waals surface area contributed by atoms with Crippen LogP contribution in [0.4, 0.5) is 0 Å². The van der Waals surface area contributed by atoms with E-state index in [9.17, 15) is 4.79 Å². The number of allylic oxidation sites excluding steroid dienone is 2. The van der Waals surface area contributed by atoms with E-state index >= 15 is 0 Å². The molecule has 0 amide bonds. The van der Waals surface area contributed by atoms with Crippen molar-refractivity contribution in [3.8, 4) is 23.7 Å². The SMILES string of the molecule is CCCCC#C/C=C\C#CC(=O)c1ccccc1. The molecule has 0 aliphatic rings. The first-order valence-corrected chi connectivity index (χ1v) is 6.09. The average molecular weight is 236 g/mol. The third kappa shape index (κ3) is 5.73. The Kier molecular flexibility index (Phi) is 6.79. The molecule has 0 fully saturated rings. The van der Waals surface area contributed by atoms with Crippen molar-refractivity contribution >= 4 is 5.78 Å². The van der Waals surface area contributed by atoms with Gasteiger partial charge in [-0.2, -0.15) is 0 Å². The van der Waals surface area contributed by atoms with Crippen molar-refractivity contribution in [3.63, 3.8) is 0 Å². The minimum Gasteiger partial charge on any atom is -0.279 e. The predicted octanol–water partition coefficient (Wildman–Crippen LogP) is 3.62. The van der Waals surface area contributed by atoms with Crippen molar-refractivity contribution in [2.75, 3.05) is 0 Å². The summed E-state index contributed by atoms with van der Waals surface area (Å²) in [6.07, 6.45) is 6.49. The van der Waals surface area contributed by atoms with Gasteiger partial charge in [-0.3, -0.25) is 4.79 Å². The topological polar surface area (TPSA) is 17.1 Å². The van der Waals surface area contributed by atoms with E-state index in [1.165, 1.54) is 0 Å². The van der Waals surface area contributed by atoms with E-state index in [1.807, 2.05) is 18.2 Å². The third-order valence-corrected chi connectivity index (χ3v) is 2.23. The lowest BCUT2D eigenvalue weighted by Crippen LogP contribution is -1.92. The molecule has 18 heavy (non-hydrogen) atoms. The predicted molar refractivity (Wildman–Crippen MR) is 75.0 cm³/mol. The standard InChI is InChI=1S/C17H16O/c1-2-3-4-5-6-7-8-12-15-17(18)16-13-10-9-11-14-16/h7-11,13-14H,2-4H2,1H3/b8-7-. The van der Waals surface area contributed by atoms with Crippen molar-refractivity contribution in [2.24, 2.45) is 0 Å². The molecule has 0 N–H and O–H groups in total. The van der Waals surface area contributed by atoms with Gasteiger partial charge in [-0.15, -0.1) is 0 Å². The molecular formula is C17H16O. The molecule has 0 heterocycles. The molecule has 0 spiro atoms. The van der Waals surface area contributed by atoms with E-state index in [4.69, 9.17) is 0 Å². The molecule has 1 heteroatoms. The van der Waals surface area contributed by atoms with Gasteiger partial charge >= 0.3 is 0 Å². The molecule has 0 unspecified atom stereocenters. The van der Waals surface area contributed by atoms with E-state index in [-0.39, 0.29) is 5.78 Å². The van der Waals surface area contributed by atoms with Gasteiger partial charge in [-0.1, -0.05) is 61.4 Å². The Labute approximate surface area is 109 Å². The minimum absolute atomic E-state index is 0.167. The summed E-state index contributed by atoms with van der Waals surface area (Å²) < 4.78 is 0. The van der Waals surface area contributed by atoms with Crippen LogP contribution in [0.2, 0.25) is 0 Å². The Morgan fingerprint density at radius 3 is 2.61 bits per heavy atom. The Balaban J connectivity index is 2.44. The van der Waals surface area contributed by atoms with Gasteiger partial charge in [0.05, 0.1) is 0 Å². The Hall–Kier alpha value is -2.25. The quantitative estimate of drug-likeness (QED) is 0.339. The van der Waals surface area contributed by atoms with Crippen LogP contribution in [-0.4, -0.2) is 5.78 Å². The first kappa shape index (κ1) is 13.8. The summed E-state index contributed by atoms with van der Waals surface area (Å²) in [5, 5.41) is 0. The summed E-state index contributed by atoms with van der Waals surface area (Å²) in [5.74, 6) is 11.0. The van der Waals surface area contributed by atoms with Gasteiger partial charge in [0, 0.05) is 12.0 Å². The molecular weight excluding hydrogens is 220 g/mol. The maximum Gasteiger partial charge on any atom is 0.236 e. The largest absolute Gasteiger partial charge is 0.279 e. The molecule has 0 aliphatic carbocycles. The van der Waals surface area contributed by atoms with E-state index < -0.39 is 0 Å². The highest BCUT2D eigenvalue weighted by molar-refractivity contribution is 6.09. The number of carbonyl (C=O) groups excluding carboxylic acids is 1. The maximum absolute atomic E-state index is 11.6. The fourth-order valence-electron chi connectivity index (χ4n) is 1.25. The van der Waals surface area contributed by atoms with E-state index in [2.05, 4.69) is 30.6 Å². The summed E-state index contributed by atoms with van der Waals surface area (Å²) in [6, 6.07) is 9.03. The molecule has 0 aliphatic heterocycles. The highest BCUT2D eigenvalue weighted by Crippen LogP contribution is 1.98. The van der Waals surface area contributed by atoms with Crippen molar-refractivity contribution in [2.45, 2.75) is 26.2 Å². The smallest absolute Gasteiger partial charge is 0.236 e. The second kappa shape index (κ2) is 8.85. The molecule has 0 bridgehead atoms. The van der Waals surface area contributed by atoms with Gasteiger partial charge < -0.3 is 0 Å². The second-order valence-corrected chi connectivity index (χ2v) is 3.72. The second-order valence-electron chi connectivity index (χ2n) is 3.72. The van der Waals surface area contributed by atoms with Crippen LogP contribution in [0.25, 0.3) is 0 Å². The van der Waals surface area contributed by atoms with Crippen LogP contribution in [0.15, 0.2) is 42.5 Å². The lowest BCUT2D eigenvalue weighted by molar-refractivity contribution is 0.105. The Morgan fingerprint density at radius 2 is 1.89 bits per heavy atom. The summed E-state index contributed by atoms with van der Waals surface area (Å²) in [4.78, 5) is 11.6. The molecule has 0 aromatic heterocycles. The van der Waals surface area contributed by atoms with E-state index in [0.717, 1.165) is 19.3 Å². The van der Waals surface area contributed by atoms with Crippen LogP contribution in [0.5, 0.6) is 0 Å². The number of hydrogen-bond acceptors (Lipinski definition) is 1. The third-order valence-electron chi connectivity index (χ3n) is 2.23. The highest BCUT2D eigenvalue weighted by atomic mass is 16.1. The molecule has 0 radical (unpaired) electrons. The van der Waals surface area contributed by atoms with E-state index in [0.29, 0.717) is 5.56 Å². The van der Waals surface area contributed by atoms with Gasteiger partial charge in [0.1, 0.15) is 0 Å². The molecule has 1 rings (SSSR count). The zero-order valence-corrected chi connectivity index (χ0v) is 10.6. The number of unbranched alkanes of at least 4 members (excludes halogenated alkanes) is 2. The van der Waals surface area contributed by atoms with Crippen LogP contribution >= 0.6 is 0 Å². The molecule has 0 saturated heterocycles. The normalized spacial score (nSPS) is 9.17. The first-order valence-electron chi connectivity index (χ1n) is 6.09. The molecule has 1 aromatic rings.